The van der Waals surface area contributed by atoms with Crippen LogP contribution in [-0.4, -0.2) is 17.4 Å². The Balaban J connectivity index is 2.02. The third kappa shape index (κ3) is 4.29. The summed E-state index contributed by atoms with van der Waals surface area (Å²) in [5, 5.41) is 13.5. The van der Waals surface area contributed by atoms with Gasteiger partial charge in [-0.1, -0.05) is 12.1 Å². The zero-order chi connectivity index (χ0) is 16.8. The molecule has 0 aromatic heterocycles. The Morgan fingerprint density at radius 3 is 2.30 bits per heavy atom. The Labute approximate surface area is 134 Å². The molecule has 6 heteroatoms. The molecule has 2 aromatic carbocycles. The lowest BCUT2D eigenvalue weighted by Crippen LogP contribution is -2.26. The highest BCUT2D eigenvalue weighted by molar-refractivity contribution is 5.94. The Bertz CT molecular complexity index is 681. The van der Waals surface area contributed by atoms with Gasteiger partial charge >= 0.3 is 0 Å². The monoisotopic (exact) mass is 314 g/mol. The van der Waals surface area contributed by atoms with E-state index in [0.29, 0.717) is 12.2 Å². The first-order chi connectivity index (χ1) is 11.0. The second kappa shape index (κ2) is 7.40. The number of benzene rings is 2. The maximum absolute atomic E-state index is 12.2. The van der Waals surface area contributed by atoms with Gasteiger partial charge in [0.15, 0.2) is 0 Å². The largest absolute Gasteiger partial charge is 0.494 e. The van der Waals surface area contributed by atoms with Gasteiger partial charge in [-0.05, 0) is 43.7 Å². The summed E-state index contributed by atoms with van der Waals surface area (Å²) in [7, 11) is 0. The molecule has 2 rings (SSSR count). The topological polar surface area (TPSA) is 81.5 Å². The van der Waals surface area contributed by atoms with Crippen LogP contribution in [0.1, 0.15) is 35.8 Å². The molecule has 0 heterocycles. The normalized spacial score (nSPS) is 11.6. The van der Waals surface area contributed by atoms with Crippen molar-refractivity contribution < 1.29 is 14.5 Å². The molecule has 0 radical (unpaired) electrons. The van der Waals surface area contributed by atoms with Gasteiger partial charge in [-0.15, -0.1) is 0 Å². The quantitative estimate of drug-likeness (QED) is 0.653. The summed E-state index contributed by atoms with van der Waals surface area (Å²) in [6.45, 7) is 4.39. The van der Waals surface area contributed by atoms with Crippen molar-refractivity contribution in [3.05, 3.63) is 69.8 Å². The fourth-order valence-corrected chi connectivity index (χ4v) is 2.12. The number of amides is 1. The van der Waals surface area contributed by atoms with Crippen LogP contribution < -0.4 is 10.1 Å². The van der Waals surface area contributed by atoms with Crippen molar-refractivity contribution >= 4 is 11.6 Å². The maximum atomic E-state index is 12.2. The average molecular weight is 314 g/mol. The van der Waals surface area contributed by atoms with Crippen molar-refractivity contribution in [2.24, 2.45) is 0 Å². The van der Waals surface area contributed by atoms with Crippen LogP contribution in [0.3, 0.4) is 0 Å². The van der Waals surface area contributed by atoms with Gasteiger partial charge in [0, 0.05) is 17.7 Å². The molecule has 120 valence electrons. The fraction of sp³-hybridized carbons (Fsp3) is 0.235. The Hall–Kier alpha value is -2.89. The minimum Gasteiger partial charge on any atom is -0.494 e. The van der Waals surface area contributed by atoms with E-state index in [1.54, 1.807) is 0 Å². The molecule has 2 aromatic rings. The summed E-state index contributed by atoms with van der Waals surface area (Å²) >= 11 is 0. The number of hydrogen-bond acceptors (Lipinski definition) is 4. The van der Waals surface area contributed by atoms with Gasteiger partial charge in [0.1, 0.15) is 5.75 Å². The first kappa shape index (κ1) is 16.5. The van der Waals surface area contributed by atoms with E-state index in [0.717, 1.165) is 11.3 Å². The van der Waals surface area contributed by atoms with Crippen molar-refractivity contribution in [1.82, 2.24) is 5.32 Å². The van der Waals surface area contributed by atoms with Crippen LogP contribution in [0.4, 0.5) is 5.69 Å². The van der Waals surface area contributed by atoms with E-state index >= 15 is 0 Å². The van der Waals surface area contributed by atoms with E-state index in [4.69, 9.17) is 4.74 Å². The van der Waals surface area contributed by atoms with Gasteiger partial charge in [-0.3, -0.25) is 14.9 Å². The number of carbonyl (C=O) groups is 1. The molecule has 0 aliphatic heterocycles. The van der Waals surface area contributed by atoms with Crippen molar-refractivity contribution in [3.63, 3.8) is 0 Å². The molecule has 0 spiro atoms. The molecular weight excluding hydrogens is 296 g/mol. The van der Waals surface area contributed by atoms with E-state index in [1.807, 2.05) is 38.1 Å². The average Bonchev–Trinajstić information content (AvgIpc) is 2.55. The fourth-order valence-electron chi connectivity index (χ4n) is 2.12. The molecule has 1 unspecified atom stereocenters. The number of nitro groups is 1. The van der Waals surface area contributed by atoms with Crippen LogP contribution in [0.25, 0.3) is 0 Å². The first-order valence-corrected chi connectivity index (χ1v) is 7.29. The highest BCUT2D eigenvalue weighted by Crippen LogP contribution is 2.18. The van der Waals surface area contributed by atoms with Crippen molar-refractivity contribution in [2.75, 3.05) is 6.61 Å². The molecule has 0 bridgehead atoms. The highest BCUT2D eigenvalue weighted by Gasteiger charge is 2.13. The number of nitrogens with zero attached hydrogens (tertiary/aromatic N) is 1. The third-order valence-electron chi connectivity index (χ3n) is 3.38. The first-order valence-electron chi connectivity index (χ1n) is 7.29. The van der Waals surface area contributed by atoms with Crippen molar-refractivity contribution in [1.29, 1.82) is 0 Å². The van der Waals surface area contributed by atoms with Gasteiger partial charge in [-0.2, -0.15) is 0 Å². The molecule has 23 heavy (non-hydrogen) atoms. The van der Waals surface area contributed by atoms with Crippen LogP contribution >= 0.6 is 0 Å². The molecule has 1 N–H and O–H groups in total. The van der Waals surface area contributed by atoms with E-state index < -0.39 is 4.92 Å². The highest BCUT2D eigenvalue weighted by atomic mass is 16.6. The Kier molecular flexibility index (Phi) is 5.30. The van der Waals surface area contributed by atoms with Gasteiger partial charge in [-0.25, -0.2) is 0 Å². The van der Waals surface area contributed by atoms with Crippen LogP contribution in [-0.2, 0) is 0 Å². The lowest BCUT2D eigenvalue weighted by atomic mass is 10.1. The number of non-ortho nitro benzene ring substituents is 1. The van der Waals surface area contributed by atoms with Gasteiger partial charge in [0.2, 0.25) is 0 Å². The zero-order valence-corrected chi connectivity index (χ0v) is 13.0. The van der Waals surface area contributed by atoms with Crippen LogP contribution in [0.2, 0.25) is 0 Å². The van der Waals surface area contributed by atoms with Gasteiger partial charge in [0.25, 0.3) is 11.6 Å². The second-order valence-corrected chi connectivity index (χ2v) is 5.00. The zero-order valence-electron chi connectivity index (χ0n) is 13.0. The molecular formula is C17H18N2O4. The van der Waals surface area contributed by atoms with E-state index in [2.05, 4.69) is 5.32 Å². The summed E-state index contributed by atoms with van der Waals surface area (Å²) in [6, 6.07) is 12.8. The number of nitrogens with one attached hydrogen (secondary N) is 1. The number of ether oxygens (including phenoxy) is 1. The molecule has 0 fully saturated rings. The Morgan fingerprint density at radius 1 is 1.17 bits per heavy atom. The van der Waals surface area contributed by atoms with Gasteiger partial charge in [0.05, 0.1) is 17.6 Å². The van der Waals surface area contributed by atoms with Crippen LogP contribution in [0.5, 0.6) is 5.75 Å². The molecule has 1 atom stereocenters. The standard InChI is InChI=1S/C17H18N2O4/c1-3-23-16-10-6-13(7-11-16)12(2)18-17(20)14-4-8-15(9-5-14)19(21)22/h4-12H,3H2,1-2H3,(H,18,20). The van der Waals surface area contributed by atoms with Crippen LogP contribution in [0.15, 0.2) is 48.5 Å². The summed E-state index contributed by atoms with van der Waals surface area (Å²) in [5.74, 6) is 0.506. The molecule has 0 saturated heterocycles. The SMILES string of the molecule is CCOc1ccc(C(C)NC(=O)c2ccc([N+](=O)[O-])cc2)cc1. The second-order valence-electron chi connectivity index (χ2n) is 5.00. The summed E-state index contributed by atoms with van der Waals surface area (Å²) in [6.07, 6.45) is 0. The number of hydrogen-bond donors (Lipinski definition) is 1. The molecule has 0 aliphatic rings. The van der Waals surface area contributed by atoms with Crippen LogP contribution in [0, 0.1) is 10.1 Å². The lowest BCUT2D eigenvalue weighted by Gasteiger charge is -2.15. The summed E-state index contributed by atoms with van der Waals surface area (Å²) in [4.78, 5) is 22.3. The Morgan fingerprint density at radius 2 is 1.78 bits per heavy atom. The summed E-state index contributed by atoms with van der Waals surface area (Å²) in [5.41, 5.74) is 1.29. The number of rotatable bonds is 6. The maximum Gasteiger partial charge on any atom is 0.269 e. The lowest BCUT2D eigenvalue weighted by molar-refractivity contribution is -0.384. The van der Waals surface area contributed by atoms with Crippen molar-refractivity contribution in [3.8, 4) is 5.75 Å². The van der Waals surface area contributed by atoms with Gasteiger partial charge < -0.3 is 10.1 Å². The summed E-state index contributed by atoms with van der Waals surface area (Å²) < 4.78 is 5.38. The molecule has 1 amide bonds. The number of carbonyl (C=O) groups excluding carboxylic acids is 1. The van der Waals surface area contributed by atoms with Crippen molar-refractivity contribution in [2.45, 2.75) is 19.9 Å². The smallest absolute Gasteiger partial charge is 0.269 e. The van der Waals surface area contributed by atoms with E-state index in [-0.39, 0.29) is 17.6 Å². The molecule has 6 nitrogen and oxygen atoms in total. The predicted molar refractivity (Wildman–Crippen MR) is 86.6 cm³/mol. The minimum atomic E-state index is -0.496. The molecule has 0 aliphatic carbocycles. The van der Waals surface area contributed by atoms with E-state index in [9.17, 15) is 14.9 Å². The predicted octanol–water partition coefficient (Wildman–Crippen LogP) is 3.48. The number of nitro benzene ring substituents is 1. The minimum absolute atomic E-state index is 0.0406. The third-order valence-corrected chi connectivity index (χ3v) is 3.38. The molecule has 0 saturated carbocycles. The van der Waals surface area contributed by atoms with E-state index in [1.165, 1.54) is 24.3 Å².